The molecule has 5 heteroatoms. The monoisotopic (exact) mass is 244 g/mol. The Labute approximate surface area is 97.2 Å². The second-order valence-corrected chi connectivity index (χ2v) is 3.51. The maximum absolute atomic E-state index is 13.7. The smallest absolute Gasteiger partial charge is 0.368 e. The van der Waals surface area contributed by atoms with Crippen molar-refractivity contribution >= 4 is 23.4 Å². The summed E-state index contributed by atoms with van der Waals surface area (Å²) in [7, 11) is 0. The van der Waals surface area contributed by atoms with Crippen LogP contribution < -0.4 is 0 Å². The molecule has 0 aliphatic rings. The Kier molecular flexibility index (Phi) is 4.01. The van der Waals surface area contributed by atoms with E-state index in [1.807, 2.05) is 0 Å². The number of carbonyl (C=O) groups is 2. The Morgan fingerprint density at radius 1 is 1.38 bits per heavy atom. The van der Waals surface area contributed by atoms with Crippen molar-refractivity contribution < 1.29 is 18.7 Å². The molecule has 0 heterocycles. The lowest BCUT2D eigenvalue weighted by Crippen LogP contribution is -2.38. The number of carbonyl (C=O) groups excluding carboxylic acids is 2. The van der Waals surface area contributed by atoms with Crippen molar-refractivity contribution in [3.05, 3.63) is 35.9 Å². The van der Waals surface area contributed by atoms with E-state index in [-0.39, 0.29) is 12.2 Å². The van der Waals surface area contributed by atoms with Crippen LogP contribution in [0.4, 0.5) is 4.39 Å². The molecule has 1 aromatic carbocycles. The van der Waals surface area contributed by atoms with Gasteiger partial charge in [-0.3, -0.25) is 4.79 Å². The van der Waals surface area contributed by atoms with Crippen molar-refractivity contribution in [1.29, 1.82) is 0 Å². The molecule has 86 valence electrons. The summed E-state index contributed by atoms with van der Waals surface area (Å²) < 4.78 is 18.1. The van der Waals surface area contributed by atoms with E-state index in [9.17, 15) is 14.0 Å². The van der Waals surface area contributed by atoms with E-state index in [4.69, 9.17) is 11.6 Å². The molecule has 0 spiro atoms. The van der Waals surface area contributed by atoms with Gasteiger partial charge < -0.3 is 4.74 Å². The number of ether oxygens (including phenoxy) is 1. The van der Waals surface area contributed by atoms with Crippen LogP contribution in [0.1, 0.15) is 17.3 Å². The van der Waals surface area contributed by atoms with E-state index < -0.39 is 16.9 Å². The van der Waals surface area contributed by atoms with E-state index in [1.165, 1.54) is 19.1 Å². The summed E-state index contributed by atoms with van der Waals surface area (Å²) in [6.45, 7) is 1.46. The summed E-state index contributed by atoms with van der Waals surface area (Å²) in [4.78, 5) is 22.7. The van der Waals surface area contributed by atoms with Crippen molar-refractivity contribution in [3.8, 4) is 0 Å². The fourth-order valence-electron chi connectivity index (χ4n) is 1.09. The summed E-state index contributed by atoms with van der Waals surface area (Å²) >= 11 is 5.26. The van der Waals surface area contributed by atoms with Gasteiger partial charge in [0, 0.05) is 5.56 Å². The third-order valence-corrected chi connectivity index (χ3v) is 2.18. The zero-order chi connectivity index (χ0) is 12.2. The first-order valence-corrected chi connectivity index (χ1v) is 5.02. The van der Waals surface area contributed by atoms with Crippen LogP contribution in [0.25, 0.3) is 0 Å². The quantitative estimate of drug-likeness (QED) is 0.353. The Hall–Kier alpha value is -1.42. The van der Waals surface area contributed by atoms with Crippen LogP contribution >= 0.6 is 11.6 Å². The van der Waals surface area contributed by atoms with Gasteiger partial charge in [-0.05, 0) is 6.92 Å². The average Bonchev–Trinajstić information content (AvgIpc) is 2.29. The van der Waals surface area contributed by atoms with E-state index >= 15 is 0 Å². The standard InChI is InChI=1S/C11H10ClFO3/c1-2-16-10(15)11(12,13)9(14)8-6-4-3-5-7-8/h3-7H,2H2,1H3. The highest BCUT2D eigenvalue weighted by Gasteiger charge is 2.46. The number of rotatable bonds is 4. The molecule has 0 fully saturated rings. The Balaban J connectivity index is 2.92. The molecule has 1 aromatic rings. The summed E-state index contributed by atoms with van der Waals surface area (Å²) in [5, 5.41) is -3.16. The summed E-state index contributed by atoms with van der Waals surface area (Å²) in [5.41, 5.74) is 0.0213. The zero-order valence-corrected chi connectivity index (χ0v) is 9.33. The Bertz CT molecular complexity index is 389. The van der Waals surface area contributed by atoms with Gasteiger partial charge in [0.2, 0.25) is 5.78 Å². The number of hydrogen-bond donors (Lipinski definition) is 0. The number of Topliss-reactive ketones (excluding diaryl/α,β-unsaturated/α-hetero) is 1. The van der Waals surface area contributed by atoms with Gasteiger partial charge in [-0.25, -0.2) is 9.18 Å². The molecule has 0 saturated heterocycles. The van der Waals surface area contributed by atoms with Crippen LogP contribution in [0.5, 0.6) is 0 Å². The topological polar surface area (TPSA) is 43.4 Å². The molecule has 0 radical (unpaired) electrons. The lowest BCUT2D eigenvalue weighted by molar-refractivity contribution is -0.149. The van der Waals surface area contributed by atoms with Crippen molar-refractivity contribution in [2.75, 3.05) is 6.61 Å². The molecular formula is C11H10ClFO3. The summed E-state index contributed by atoms with van der Waals surface area (Å²) in [6.07, 6.45) is 0. The molecule has 0 N–H and O–H groups in total. The molecule has 0 aromatic heterocycles. The second-order valence-electron chi connectivity index (χ2n) is 2.99. The van der Waals surface area contributed by atoms with Crippen LogP contribution in [0.15, 0.2) is 30.3 Å². The van der Waals surface area contributed by atoms with Crippen molar-refractivity contribution in [2.45, 2.75) is 12.1 Å². The highest BCUT2D eigenvalue weighted by atomic mass is 35.5. The molecule has 0 saturated carbocycles. The molecule has 16 heavy (non-hydrogen) atoms. The van der Waals surface area contributed by atoms with Crippen LogP contribution in [0.2, 0.25) is 0 Å². The maximum Gasteiger partial charge on any atom is 0.368 e. The molecule has 0 amide bonds. The maximum atomic E-state index is 13.7. The minimum atomic E-state index is -3.16. The van der Waals surface area contributed by atoms with Crippen molar-refractivity contribution in [1.82, 2.24) is 0 Å². The van der Waals surface area contributed by atoms with Gasteiger partial charge in [0.05, 0.1) is 6.61 Å². The first kappa shape index (κ1) is 12.6. The number of benzene rings is 1. The number of esters is 1. The molecule has 0 bridgehead atoms. The van der Waals surface area contributed by atoms with Crippen LogP contribution in [0.3, 0.4) is 0 Å². The van der Waals surface area contributed by atoms with Crippen LogP contribution in [0, 0.1) is 0 Å². The van der Waals surface area contributed by atoms with E-state index in [0.29, 0.717) is 0 Å². The van der Waals surface area contributed by atoms with Gasteiger partial charge in [-0.2, -0.15) is 0 Å². The summed E-state index contributed by atoms with van der Waals surface area (Å²) in [5.74, 6) is -2.50. The molecule has 0 aliphatic heterocycles. The Morgan fingerprint density at radius 2 is 1.94 bits per heavy atom. The van der Waals surface area contributed by atoms with Crippen molar-refractivity contribution in [3.63, 3.8) is 0 Å². The first-order valence-electron chi connectivity index (χ1n) is 4.65. The van der Waals surface area contributed by atoms with Gasteiger partial charge >= 0.3 is 11.1 Å². The van der Waals surface area contributed by atoms with Gasteiger partial charge in [0.15, 0.2) is 0 Å². The van der Waals surface area contributed by atoms with Gasteiger partial charge in [-0.15, -0.1) is 0 Å². The van der Waals surface area contributed by atoms with Crippen LogP contribution in [-0.4, -0.2) is 23.5 Å². The molecular weight excluding hydrogens is 235 g/mol. The second kappa shape index (κ2) is 5.07. The minimum Gasteiger partial charge on any atom is -0.462 e. The van der Waals surface area contributed by atoms with Gasteiger partial charge in [-0.1, -0.05) is 41.9 Å². The zero-order valence-electron chi connectivity index (χ0n) is 8.57. The van der Waals surface area contributed by atoms with Crippen LogP contribution in [-0.2, 0) is 9.53 Å². The average molecular weight is 245 g/mol. The van der Waals surface area contributed by atoms with E-state index in [2.05, 4.69) is 4.74 Å². The SMILES string of the molecule is CCOC(=O)C(F)(Cl)C(=O)c1ccccc1. The fraction of sp³-hybridized carbons (Fsp3) is 0.273. The highest BCUT2D eigenvalue weighted by molar-refractivity contribution is 6.46. The lowest BCUT2D eigenvalue weighted by atomic mass is 10.1. The third kappa shape index (κ3) is 2.58. The van der Waals surface area contributed by atoms with E-state index in [1.54, 1.807) is 18.2 Å². The normalized spacial score (nSPS) is 13.9. The van der Waals surface area contributed by atoms with Gasteiger partial charge in [0.1, 0.15) is 0 Å². The predicted molar refractivity (Wildman–Crippen MR) is 57.1 cm³/mol. The first-order chi connectivity index (χ1) is 7.50. The molecule has 0 aliphatic carbocycles. The molecule has 3 nitrogen and oxygen atoms in total. The molecule has 1 unspecified atom stereocenters. The summed E-state index contributed by atoms with van der Waals surface area (Å²) in [6, 6.07) is 7.50. The molecule has 1 atom stereocenters. The number of alkyl halides is 2. The fourth-order valence-corrected chi connectivity index (χ4v) is 1.25. The highest BCUT2D eigenvalue weighted by Crippen LogP contribution is 2.24. The molecule has 1 rings (SSSR count). The van der Waals surface area contributed by atoms with Crippen molar-refractivity contribution in [2.24, 2.45) is 0 Å². The predicted octanol–water partition coefficient (Wildman–Crippen LogP) is 2.34. The van der Waals surface area contributed by atoms with Gasteiger partial charge in [0.25, 0.3) is 0 Å². The largest absolute Gasteiger partial charge is 0.462 e. The third-order valence-electron chi connectivity index (χ3n) is 1.85. The number of halogens is 2. The number of ketones is 1. The minimum absolute atomic E-state index is 0.0213. The number of hydrogen-bond acceptors (Lipinski definition) is 3. The Morgan fingerprint density at radius 3 is 2.44 bits per heavy atom. The lowest BCUT2D eigenvalue weighted by Gasteiger charge is -2.14. The van der Waals surface area contributed by atoms with E-state index in [0.717, 1.165) is 0 Å².